The number of aliphatic hydroxyl groups excluding tert-OH is 1. The Hall–Kier alpha value is -2.08. The van der Waals surface area contributed by atoms with E-state index in [9.17, 15) is 9.90 Å². The maximum Gasteiger partial charge on any atom is 0.248 e. The van der Waals surface area contributed by atoms with Crippen LogP contribution in [-0.4, -0.2) is 28.6 Å². The van der Waals surface area contributed by atoms with Gasteiger partial charge in [0.05, 0.1) is 18.2 Å². The predicted molar refractivity (Wildman–Crippen MR) is 57.7 cm³/mol. The highest BCUT2D eigenvalue weighted by Gasteiger charge is 2.11. The van der Waals surface area contributed by atoms with Gasteiger partial charge >= 0.3 is 0 Å². The number of rotatable bonds is 4. The normalized spacial score (nSPS) is 12.6. The fourth-order valence-corrected chi connectivity index (χ4v) is 1.33. The number of carbonyl (C=O) groups excluding carboxylic acids is 1. The highest BCUT2D eigenvalue weighted by atomic mass is 16.3. The Balaban J connectivity index is 2.15. The Bertz CT molecular complexity index is 509. The molecule has 0 bridgehead atoms. The summed E-state index contributed by atoms with van der Waals surface area (Å²) in [6.45, 7) is 0.0205. The van der Waals surface area contributed by atoms with Crippen LogP contribution < -0.4 is 11.1 Å². The van der Waals surface area contributed by atoms with Crippen LogP contribution in [-0.2, 0) is 4.79 Å². The van der Waals surface area contributed by atoms with Crippen molar-refractivity contribution in [1.82, 2.24) is 4.98 Å². The van der Waals surface area contributed by atoms with E-state index in [1.165, 1.54) is 0 Å². The van der Waals surface area contributed by atoms with Crippen molar-refractivity contribution in [3.63, 3.8) is 0 Å². The second kappa shape index (κ2) is 4.19. The molecule has 0 fully saturated rings. The van der Waals surface area contributed by atoms with Crippen LogP contribution in [0.5, 0.6) is 0 Å². The van der Waals surface area contributed by atoms with Crippen LogP contribution in [0.15, 0.2) is 29.0 Å². The number of carbonyl (C=O) groups is 1. The van der Waals surface area contributed by atoms with Gasteiger partial charge in [-0.3, -0.25) is 4.79 Å². The molecule has 0 saturated heterocycles. The summed E-state index contributed by atoms with van der Waals surface area (Å²) in [7, 11) is 0. The summed E-state index contributed by atoms with van der Waals surface area (Å²) < 4.78 is 5.18. The third-order valence-electron chi connectivity index (χ3n) is 2.17. The molecule has 84 valence electrons. The first kappa shape index (κ1) is 10.4. The maximum atomic E-state index is 10.6. The lowest BCUT2D eigenvalue weighted by Gasteiger charge is -2.09. The molecular formula is C10H11N3O3. The summed E-state index contributed by atoms with van der Waals surface area (Å²) in [5.74, 6) is -0.224. The number of anilines is 1. The van der Waals surface area contributed by atoms with Gasteiger partial charge in [0.25, 0.3) is 0 Å². The van der Waals surface area contributed by atoms with Crippen molar-refractivity contribution in [2.75, 3.05) is 11.9 Å². The van der Waals surface area contributed by atoms with Crippen LogP contribution in [0, 0.1) is 0 Å². The molecule has 2 aromatic heterocycles. The number of furan rings is 1. The van der Waals surface area contributed by atoms with E-state index in [4.69, 9.17) is 10.2 Å². The molecule has 1 unspecified atom stereocenters. The second-order valence-corrected chi connectivity index (χ2v) is 3.29. The summed E-state index contributed by atoms with van der Waals surface area (Å²) in [5.41, 5.74) is 5.61. The van der Waals surface area contributed by atoms with E-state index < -0.39 is 12.0 Å². The van der Waals surface area contributed by atoms with Gasteiger partial charge in [-0.05, 0) is 12.1 Å². The first-order valence-electron chi connectivity index (χ1n) is 4.72. The van der Waals surface area contributed by atoms with Gasteiger partial charge in [0.2, 0.25) is 5.91 Å². The summed E-state index contributed by atoms with van der Waals surface area (Å²) in [5, 5.41) is 12.8. The zero-order chi connectivity index (χ0) is 11.5. The number of pyridine rings is 1. The largest absolute Gasteiger partial charge is 0.464 e. The molecule has 0 radical (unpaired) electrons. The predicted octanol–water partition coefficient (Wildman–Crippen LogP) is 0.0859. The fraction of sp³-hybridized carbons (Fsp3) is 0.200. The van der Waals surface area contributed by atoms with Crippen molar-refractivity contribution in [3.8, 4) is 0 Å². The van der Waals surface area contributed by atoms with Crippen molar-refractivity contribution in [2.24, 2.45) is 5.73 Å². The summed E-state index contributed by atoms with van der Waals surface area (Å²) in [4.78, 5) is 14.7. The highest BCUT2D eigenvalue weighted by molar-refractivity contribution is 5.88. The van der Waals surface area contributed by atoms with Crippen LogP contribution in [0.3, 0.4) is 0 Å². The number of amides is 1. The minimum atomic E-state index is -1.23. The molecule has 16 heavy (non-hydrogen) atoms. The molecular weight excluding hydrogens is 210 g/mol. The lowest BCUT2D eigenvalue weighted by atomic mass is 10.3. The summed E-state index contributed by atoms with van der Waals surface area (Å²) in [6.07, 6.45) is 1.89. The Morgan fingerprint density at radius 1 is 1.62 bits per heavy atom. The van der Waals surface area contributed by atoms with Crippen LogP contribution in [0.2, 0.25) is 0 Å². The van der Waals surface area contributed by atoms with E-state index in [0.29, 0.717) is 11.4 Å². The fourth-order valence-electron chi connectivity index (χ4n) is 1.33. The number of hydrogen-bond donors (Lipinski definition) is 3. The Morgan fingerprint density at radius 2 is 2.44 bits per heavy atom. The van der Waals surface area contributed by atoms with Crippen molar-refractivity contribution < 1.29 is 14.3 Å². The summed E-state index contributed by atoms with van der Waals surface area (Å²) in [6, 6.07) is 3.48. The van der Waals surface area contributed by atoms with E-state index in [0.717, 1.165) is 5.39 Å². The smallest absolute Gasteiger partial charge is 0.248 e. The lowest BCUT2D eigenvalue weighted by molar-refractivity contribution is -0.125. The quantitative estimate of drug-likeness (QED) is 0.679. The average Bonchev–Trinajstić information content (AvgIpc) is 2.73. The maximum absolute atomic E-state index is 10.6. The number of nitrogens with one attached hydrogen (secondary N) is 1. The van der Waals surface area contributed by atoms with E-state index in [-0.39, 0.29) is 6.54 Å². The first-order chi connectivity index (χ1) is 7.68. The van der Waals surface area contributed by atoms with Gasteiger partial charge in [0.1, 0.15) is 17.5 Å². The van der Waals surface area contributed by atoms with Crippen LogP contribution in [0.1, 0.15) is 0 Å². The SMILES string of the molecule is NC(=O)C(O)CNc1nccc2occc12. The molecule has 2 aromatic rings. The van der Waals surface area contributed by atoms with Crippen LogP contribution in [0.25, 0.3) is 11.0 Å². The minimum Gasteiger partial charge on any atom is -0.464 e. The third kappa shape index (κ3) is 1.96. The summed E-state index contributed by atoms with van der Waals surface area (Å²) >= 11 is 0. The van der Waals surface area contributed by atoms with Crippen molar-refractivity contribution >= 4 is 22.7 Å². The third-order valence-corrected chi connectivity index (χ3v) is 2.17. The zero-order valence-corrected chi connectivity index (χ0v) is 8.38. The van der Waals surface area contributed by atoms with Gasteiger partial charge in [-0.15, -0.1) is 0 Å². The van der Waals surface area contributed by atoms with Gasteiger partial charge in [-0.25, -0.2) is 4.98 Å². The number of nitrogens with two attached hydrogens (primary N) is 1. The molecule has 1 atom stereocenters. The van der Waals surface area contributed by atoms with Crippen molar-refractivity contribution in [1.29, 1.82) is 0 Å². The van der Waals surface area contributed by atoms with Crippen molar-refractivity contribution in [3.05, 3.63) is 24.6 Å². The number of hydrogen-bond acceptors (Lipinski definition) is 5. The van der Waals surface area contributed by atoms with Gasteiger partial charge in [-0.1, -0.05) is 0 Å². The molecule has 1 amide bonds. The van der Waals surface area contributed by atoms with E-state index in [2.05, 4.69) is 10.3 Å². The molecule has 4 N–H and O–H groups in total. The topological polar surface area (TPSA) is 101 Å². The van der Waals surface area contributed by atoms with Gasteiger partial charge < -0.3 is 20.6 Å². The van der Waals surface area contributed by atoms with Gasteiger partial charge in [0.15, 0.2) is 0 Å². The van der Waals surface area contributed by atoms with Gasteiger partial charge in [0, 0.05) is 6.20 Å². The molecule has 0 spiro atoms. The molecule has 0 aromatic carbocycles. The molecule has 0 aliphatic carbocycles. The minimum absolute atomic E-state index is 0.0205. The van der Waals surface area contributed by atoms with E-state index >= 15 is 0 Å². The molecule has 2 rings (SSSR count). The molecule has 6 heteroatoms. The van der Waals surface area contributed by atoms with Crippen LogP contribution in [0.4, 0.5) is 5.82 Å². The van der Waals surface area contributed by atoms with Crippen molar-refractivity contribution in [2.45, 2.75) is 6.10 Å². The Kier molecular flexibility index (Phi) is 2.74. The first-order valence-corrected chi connectivity index (χ1v) is 4.72. The molecule has 2 heterocycles. The van der Waals surface area contributed by atoms with Gasteiger partial charge in [-0.2, -0.15) is 0 Å². The average molecular weight is 221 g/mol. The van der Waals surface area contributed by atoms with E-state index in [1.54, 1.807) is 24.6 Å². The standard InChI is InChI=1S/C10H11N3O3/c11-9(15)7(14)5-13-10-6-2-4-16-8(6)1-3-12-10/h1-4,7,14H,5H2,(H2,11,15)(H,12,13). The molecule has 0 aliphatic heterocycles. The number of aromatic nitrogens is 1. The van der Waals surface area contributed by atoms with E-state index in [1.807, 2.05) is 0 Å². The number of primary amides is 1. The monoisotopic (exact) mass is 221 g/mol. The number of nitrogens with zero attached hydrogens (tertiary/aromatic N) is 1. The highest BCUT2D eigenvalue weighted by Crippen LogP contribution is 2.21. The molecule has 0 saturated carbocycles. The molecule has 6 nitrogen and oxygen atoms in total. The Morgan fingerprint density at radius 3 is 3.19 bits per heavy atom. The Labute approximate surface area is 91.1 Å². The number of aliphatic hydroxyl groups is 1. The molecule has 0 aliphatic rings. The second-order valence-electron chi connectivity index (χ2n) is 3.29. The lowest BCUT2D eigenvalue weighted by Crippen LogP contribution is -2.34. The van der Waals surface area contributed by atoms with Crippen LogP contribution >= 0.6 is 0 Å². The number of fused-ring (bicyclic) bond motifs is 1. The zero-order valence-electron chi connectivity index (χ0n) is 8.38.